The fourth-order valence-corrected chi connectivity index (χ4v) is 4.58. The number of hydrogen-bond acceptors (Lipinski definition) is 8. The van der Waals surface area contributed by atoms with Crippen LogP contribution >= 0.6 is 0 Å². The monoisotopic (exact) mass is 455 g/mol. The number of allylic oxidation sites excluding steroid dienone is 1. The first-order valence-corrected chi connectivity index (χ1v) is 10.9. The van der Waals surface area contributed by atoms with E-state index in [1.54, 1.807) is 0 Å². The highest BCUT2D eigenvalue weighted by Gasteiger charge is 2.34. The zero-order valence-corrected chi connectivity index (χ0v) is 16.6. The van der Waals surface area contributed by atoms with Crippen molar-refractivity contribution in [1.29, 1.82) is 0 Å². The third-order valence-corrected chi connectivity index (χ3v) is 6.40. The van der Waals surface area contributed by atoms with Gasteiger partial charge in [-0.15, -0.1) is 0 Å². The average molecular weight is 455 g/mol. The van der Waals surface area contributed by atoms with Gasteiger partial charge in [-0.05, 0) is 29.0 Å². The number of carbonyl (C=O) groups excluding carboxylic acids is 1. The number of cyclic esters (lactones) is 1. The first-order chi connectivity index (χ1) is 14.6. The van der Waals surface area contributed by atoms with E-state index in [-0.39, 0.29) is 47.8 Å². The number of amides is 1. The summed E-state index contributed by atoms with van der Waals surface area (Å²) in [5.74, 6) is -2.80. The molecule has 0 aliphatic carbocycles. The highest BCUT2D eigenvalue weighted by atomic mass is 32.2. The van der Waals surface area contributed by atoms with Gasteiger partial charge in [0.15, 0.2) is 9.84 Å². The fourth-order valence-electron chi connectivity index (χ4n) is 3.42. The molecular formula is C17H15F2N5O6S. The summed E-state index contributed by atoms with van der Waals surface area (Å²) in [6.45, 7) is -0.0981. The predicted octanol–water partition coefficient (Wildman–Crippen LogP) is 1.69. The van der Waals surface area contributed by atoms with Gasteiger partial charge in [0.2, 0.25) is 0 Å². The van der Waals surface area contributed by atoms with Crippen LogP contribution in [0.25, 0.3) is 5.57 Å². The van der Waals surface area contributed by atoms with Crippen LogP contribution < -0.4 is 4.90 Å². The van der Waals surface area contributed by atoms with Crippen molar-refractivity contribution >= 4 is 33.0 Å². The molecule has 0 N–H and O–H groups in total. The van der Waals surface area contributed by atoms with Crippen LogP contribution in [0.1, 0.15) is 12.0 Å². The molecule has 1 saturated heterocycles. The Bertz CT molecular complexity index is 1190. The van der Waals surface area contributed by atoms with E-state index in [4.69, 9.17) is 4.74 Å². The molecule has 0 radical (unpaired) electrons. The average Bonchev–Trinajstić information content (AvgIpc) is 3.29. The van der Waals surface area contributed by atoms with Gasteiger partial charge in [0.1, 0.15) is 29.0 Å². The van der Waals surface area contributed by atoms with E-state index in [1.165, 1.54) is 6.08 Å². The molecule has 1 amide bonds. The van der Waals surface area contributed by atoms with Crippen LogP contribution in [0, 0.1) is 21.7 Å². The molecule has 0 saturated carbocycles. The van der Waals surface area contributed by atoms with Gasteiger partial charge in [0.05, 0.1) is 35.5 Å². The summed E-state index contributed by atoms with van der Waals surface area (Å²) in [4.78, 5) is 23.2. The number of nitrogens with zero attached hydrogens (tertiary/aromatic N) is 5. The second-order valence-corrected chi connectivity index (χ2v) is 9.28. The van der Waals surface area contributed by atoms with Gasteiger partial charge in [-0.3, -0.25) is 4.90 Å². The molecule has 164 valence electrons. The predicted molar refractivity (Wildman–Crippen MR) is 102 cm³/mol. The Morgan fingerprint density at radius 2 is 2.00 bits per heavy atom. The summed E-state index contributed by atoms with van der Waals surface area (Å²) in [5.41, 5.74) is -0.136. The van der Waals surface area contributed by atoms with E-state index in [0.29, 0.717) is 0 Å². The number of hydrogen-bond donors (Lipinski definition) is 0. The van der Waals surface area contributed by atoms with Crippen LogP contribution in [0.3, 0.4) is 0 Å². The highest BCUT2D eigenvalue weighted by Crippen LogP contribution is 2.32. The van der Waals surface area contributed by atoms with Crippen LogP contribution in [0.15, 0.2) is 24.4 Å². The zero-order chi connectivity index (χ0) is 22.3. The topological polar surface area (TPSA) is 138 Å². The lowest BCUT2D eigenvalue weighted by molar-refractivity contribution is -0.389. The second-order valence-electron chi connectivity index (χ2n) is 7.05. The molecule has 1 aromatic heterocycles. The molecule has 0 bridgehead atoms. The molecule has 4 rings (SSSR count). The second kappa shape index (κ2) is 7.68. The lowest BCUT2D eigenvalue weighted by atomic mass is 10.0. The number of benzene rings is 1. The molecule has 0 unspecified atom stereocenters. The molecule has 1 atom stereocenters. The normalized spacial score (nSPS) is 20.5. The summed E-state index contributed by atoms with van der Waals surface area (Å²) < 4.78 is 58.7. The van der Waals surface area contributed by atoms with Crippen molar-refractivity contribution in [2.45, 2.75) is 19.1 Å². The Morgan fingerprint density at radius 1 is 1.29 bits per heavy atom. The van der Waals surface area contributed by atoms with Crippen LogP contribution in [0.5, 0.6) is 0 Å². The number of anilines is 1. The Morgan fingerprint density at radius 3 is 2.58 bits per heavy atom. The maximum absolute atomic E-state index is 14.7. The highest BCUT2D eigenvalue weighted by molar-refractivity contribution is 7.91. The summed E-state index contributed by atoms with van der Waals surface area (Å²) >= 11 is 0. The van der Waals surface area contributed by atoms with Gasteiger partial charge in [-0.1, -0.05) is 6.08 Å². The summed E-state index contributed by atoms with van der Waals surface area (Å²) in [5, 5.41) is 17.6. The van der Waals surface area contributed by atoms with Crippen molar-refractivity contribution in [3.05, 3.63) is 51.7 Å². The number of aromatic nitrogens is 3. The quantitative estimate of drug-likeness (QED) is 0.491. The number of halogens is 2. The zero-order valence-electron chi connectivity index (χ0n) is 15.8. The SMILES string of the molecule is O=C1O[C@@H](Cn2cc([N+](=O)[O-])nn2)CN1c1cc(F)c(C2=CCS(=O)(=O)CC2)c(F)c1. The van der Waals surface area contributed by atoms with Gasteiger partial charge < -0.3 is 14.9 Å². The number of rotatable bonds is 5. The molecule has 1 fully saturated rings. The minimum Gasteiger partial charge on any atom is -0.442 e. The lowest BCUT2D eigenvalue weighted by Gasteiger charge is -2.18. The standard InChI is InChI=1S/C17H15F2N5O6S/c18-13-5-11(6-14(19)16(13)10-1-3-31(28,29)4-2-10)23-8-12(30-17(23)25)7-22-9-15(20-21-22)24(26)27/h1,5-6,9,12H,2-4,7-8H2/t12-/m0/s1. The van der Waals surface area contributed by atoms with Gasteiger partial charge in [0, 0.05) is 5.56 Å². The number of carbonyl (C=O) groups is 1. The largest absolute Gasteiger partial charge is 0.442 e. The summed E-state index contributed by atoms with van der Waals surface area (Å²) in [6.07, 6.45) is 0.744. The van der Waals surface area contributed by atoms with Crippen molar-refractivity contribution in [3.63, 3.8) is 0 Å². The fraction of sp³-hybridized carbons (Fsp3) is 0.353. The van der Waals surface area contributed by atoms with Crippen molar-refractivity contribution < 1.29 is 31.7 Å². The van der Waals surface area contributed by atoms with Gasteiger partial charge in [0.25, 0.3) is 0 Å². The maximum Gasteiger partial charge on any atom is 0.414 e. The molecule has 11 nitrogen and oxygen atoms in total. The summed E-state index contributed by atoms with van der Waals surface area (Å²) in [7, 11) is -3.25. The molecule has 0 spiro atoms. The molecular weight excluding hydrogens is 440 g/mol. The van der Waals surface area contributed by atoms with Crippen LogP contribution in [-0.2, 0) is 21.1 Å². The van der Waals surface area contributed by atoms with E-state index in [1.807, 2.05) is 0 Å². The van der Waals surface area contributed by atoms with Crippen molar-refractivity contribution in [1.82, 2.24) is 15.0 Å². The molecule has 31 heavy (non-hydrogen) atoms. The smallest absolute Gasteiger partial charge is 0.414 e. The number of sulfone groups is 1. The van der Waals surface area contributed by atoms with Crippen molar-refractivity contribution in [2.75, 3.05) is 23.0 Å². The van der Waals surface area contributed by atoms with Crippen LogP contribution in [0.2, 0.25) is 0 Å². The van der Waals surface area contributed by atoms with E-state index < -0.39 is 44.4 Å². The van der Waals surface area contributed by atoms with Gasteiger partial charge in [-0.2, -0.15) is 0 Å². The van der Waals surface area contributed by atoms with E-state index in [9.17, 15) is 32.1 Å². The molecule has 1 aromatic carbocycles. The number of nitro groups is 1. The lowest BCUT2D eigenvalue weighted by Crippen LogP contribution is -2.26. The van der Waals surface area contributed by atoms with Crippen LogP contribution in [0.4, 0.5) is 25.1 Å². The Balaban J connectivity index is 1.52. The van der Waals surface area contributed by atoms with E-state index in [2.05, 4.69) is 10.3 Å². The molecule has 14 heteroatoms. The first-order valence-electron chi connectivity index (χ1n) is 9.04. The van der Waals surface area contributed by atoms with E-state index in [0.717, 1.165) is 27.9 Å². The maximum atomic E-state index is 14.7. The van der Waals surface area contributed by atoms with Crippen molar-refractivity contribution in [3.8, 4) is 0 Å². The Hall–Kier alpha value is -3.42. The van der Waals surface area contributed by atoms with Crippen molar-refractivity contribution in [2.24, 2.45) is 0 Å². The number of ether oxygens (including phenoxy) is 1. The Labute approximate surface area is 174 Å². The third kappa shape index (κ3) is 4.23. The van der Waals surface area contributed by atoms with Gasteiger partial charge in [-0.25, -0.2) is 26.7 Å². The minimum absolute atomic E-state index is 0.00656. The third-order valence-electron chi connectivity index (χ3n) is 4.90. The minimum atomic E-state index is -3.25. The van der Waals surface area contributed by atoms with E-state index >= 15 is 0 Å². The molecule has 2 aromatic rings. The molecule has 2 aliphatic rings. The molecule has 2 aliphatic heterocycles. The van der Waals surface area contributed by atoms with Crippen LogP contribution in [-0.4, -0.2) is 58.6 Å². The molecule has 3 heterocycles. The summed E-state index contributed by atoms with van der Waals surface area (Å²) in [6, 6.07) is 1.96. The van der Waals surface area contributed by atoms with Gasteiger partial charge >= 0.3 is 11.9 Å². The first kappa shape index (κ1) is 20.8. The Kier molecular flexibility index (Phi) is 5.16.